The van der Waals surface area contributed by atoms with Crippen LogP contribution in [0.1, 0.15) is 0 Å². The quantitative estimate of drug-likeness (QED) is 0.493. The van der Waals surface area contributed by atoms with E-state index >= 15 is 0 Å². The molecule has 0 saturated heterocycles. The first-order valence-corrected chi connectivity index (χ1v) is 16.1. The van der Waals surface area contributed by atoms with Gasteiger partial charge in [0.15, 0.2) is 0 Å². The predicted octanol–water partition coefficient (Wildman–Crippen LogP) is 5.92. The van der Waals surface area contributed by atoms with Crippen LogP contribution in [0.2, 0.25) is 39.3 Å². The Labute approximate surface area is 159 Å². The summed E-state index contributed by atoms with van der Waals surface area (Å²) in [7, 11) is -3.72. The van der Waals surface area contributed by atoms with Gasteiger partial charge in [-0.3, -0.25) is 0 Å². The van der Waals surface area contributed by atoms with Crippen molar-refractivity contribution in [3.63, 3.8) is 0 Å². The van der Waals surface area contributed by atoms with Crippen LogP contribution in [0, 0.1) is 5.82 Å². The minimum Gasteiger partial charge on any atom is -0.530 e. The number of fused-ring (bicyclic) bond motifs is 1. The van der Waals surface area contributed by atoms with Gasteiger partial charge in [-0.05, 0) is 57.0 Å². The summed E-state index contributed by atoms with van der Waals surface area (Å²) in [6, 6.07) is 6.79. The van der Waals surface area contributed by atoms with E-state index in [1.54, 1.807) is 23.5 Å². The lowest BCUT2D eigenvalue weighted by Crippen LogP contribution is -2.31. The van der Waals surface area contributed by atoms with E-state index in [0.29, 0.717) is 11.9 Å². The first kappa shape index (κ1) is 19.0. The highest BCUT2D eigenvalue weighted by molar-refractivity contribution is 7.18. The van der Waals surface area contributed by atoms with Crippen LogP contribution < -0.4 is 8.85 Å². The molecular weight excluding hydrogens is 383 g/mol. The van der Waals surface area contributed by atoms with E-state index in [-0.39, 0.29) is 5.82 Å². The Hall–Kier alpha value is -1.78. The third kappa shape index (κ3) is 4.49. The van der Waals surface area contributed by atoms with Crippen LogP contribution in [-0.4, -0.2) is 26.6 Å². The maximum absolute atomic E-state index is 13.3. The van der Waals surface area contributed by atoms with Crippen molar-refractivity contribution in [2.75, 3.05) is 0 Å². The lowest BCUT2D eigenvalue weighted by atomic mass is 10.1. The third-order valence-electron chi connectivity index (χ3n) is 3.32. The van der Waals surface area contributed by atoms with Crippen LogP contribution in [-0.2, 0) is 0 Å². The van der Waals surface area contributed by atoms with Crippen LogP contribution in [0.5, 0.6) is 11.9 Å². The van der Waals surface area contributed by atoms with E-state index in [4.69, 9.17) is 8.85 Å². The normalized spacial score (nSPS) is 12.4. The van der Waals surface area contributed by atoms with Gasteiger partial charge >= 0.3 is 6.01 Å². The summed E-state index contributed by atoms with van der Waals surface area (Å²) < 4.78 is 26.4. The summed E-state index contributed by atoms with van der Waals surface area (Å²) in [5.74, 6) is 0.328. The fourth-order valence-electron chi connectivity index (χ4n) is 2.39. The third-order valence-corrected chi connectivity index (χ3v) is 5.88. The van der Waals surface area contributed by atoms with E-state index in [1.807, 2.05) is 5.38 Å². The molecule has 3 rings (SSSR count). The van der Waals surface area contributed by atoms with Crippen molar-refractivity contribution in [3.05, 3.63) is 35.5 Å². The Morgan fingerprint density at radius 3 is 2.08 bits per heavy atom. The lowest BCUT2D eigenvalue weighted by molar-refractivity contribution is 0.483. The van der Waals surface area contributed by atoms with E-state index < -0.39 is 16.6 Å². The first-order valence-electron chi connectivity index (χ1n) is 8.45. The van der Waals surface area contributed by atoms with Gasteiger partial charge in [0.25, 0.3) is 0 Å². The Morgan fingerprint density at radius 2 is 1.50 bits per heavy atom. The van der Waals surface area contributed by atoms with Crippen molar-refractivity contribution >= 4 is 38.2 Å². The second kappa shape index (κ2) is 6.75. The van der Waals surface area contributed by atoms with Gasteiger partial charge in [0.1, 0.15) is 10.5 Å². The molecule has 26 heavy (non-hydrogen) atoms. The van der Waals surface area contributed by atoms with Gasteiger partial charge < -0.3 is 8.85 Å². The van der Waals surface area contributed by atoms with Crippen molar-refractivity contribution in [1.82, 2.24) is 9.97 Å². The Balaban J connectivity index is 2.18. The Morgan fingerprint density at radius 1 is 0.885 bits per heavy atom. The van der Waals surface area contributed by atoms with Crippen molar-refractivity contribution < 1.29 is 13.2 Å². The predicted molar refractivity (Wildman–Crippen MR) is 111 cm³/mol. The fourth-order valence-corrected chi connectivity index (χ4v) is 4.77. The van der Waals surface area contributed by atoms with Crippen LogP contribution in [0.3, 0.4) is 0 Å². The molecule has 1 aromatic carbocycles. The number of benzene rings is 1. The molecule has 0 atom stereocenters. The monoisotopic (exact) mass is 406 g/mol. The van der Waals surface area contributed by atoms with Gasteiger partial charge in [-0.25, -0.2) is 4.39 Å². The molecule has 138 valence electrons. The lowest BCUT2D eigenvalue weighted by Gasteiger charge is -2.21. The van der Waals surface area contributed by atoms with Crippen molar-refractivity contribution in [3.8, 4) is 23.0 Å². The largest absolute Gasteiger partial charge is 0.530 e. The van der Waals surface area contributed by atoms with Crippen LogP contribution >= 0.6 is 11.3 Å². The maximum Gasteiger partial charge on any atom is 0.306 e. The Bertz CT molecular complexity index is 931. The van der Waals surface area contributed by atoms with Crippen LogP contribution in [0.15, 0.2) is 29.6 Å². The van der Waals surface area contributed by atoms with Gasteiger partial charge in [0.2, 0.25) is 22.5 Å². The van der Waals surface area contributed by atoms with Crippen molar-refractivity contribution in [2.45, 2.75) is 39.3 Å². The summed E-state index contributed by atoms with van der Waals surface area (Å²) >= 11 is 1.54. The van der Waals surface area contributed by atoms with E-state index in [2.05, 4.69) is 49.3 Å². The minimum atomic E-state index is -1.87. The van der Waals surface area contributed by atoms with Gasteiger partial charge in [-0.15, -0.1) is 11.3 Å². The number of hydrogen-bond donors (Lipinski definition) is 0. The second-order valence-corrected chi connectivity index (χ2v) is 17.8. The number of rotatable bonds is 5. The average molecular weight is 407 g/mol. The Kier molecular flexibility index (Phi) is 4.93. The number of halogens is 1. The summed E-state index contributed by atoms with van der Waals surface area (Å²) in [5, 5.41) is 2.02. The smallest absolute Gasteiger partial charge is 0.306 e. The molecule has 0 radical (unpaired) electrons. The molecule has 4 nitrogen and oxygen atoms in total. The molecule has 0 N–H and O–H groups in total. The maximum atomic E-state index is 13.3. The highest BCUT2D eigenvalue weighted by Gasteiger charge is 2.25. The molecule has 0 bridgehead atoms. The molecule has 0 spiro atoms. The van der Waals surface area contributed by atoms with Crippen LogP contribution in [0.4, 0.5) is 4.39 Å². The van der Waals surface area contributed by atoms with Crippen molar-refractivity contribution in [1.29, 1.82) is 0 Å². The molecule has 0 saturated carbocycles. The molecule has 2 aromatic heterocycles. The van der Waals surface area contributed by atoms with Crippen LogP contribution in [0.25, 0.3) is 21.3 Å². The molecular formula is C18H23FN2O2SSi2. The average Bonchev–Trinajstić information content (AvgIpc) is 2.89. The molecule has 0 fully saturated rings. The molecule has 0 amide bonds. The van der Waals surface area contributed by atoms with Gasteiger partial charge in [-0.2, -0.15) is 9.97 Å². The highest BCUT2D eigenvalue weighted by Crippen LogP contribution is 2.39. The zero-order valence-electron chi connectivity index (χ0n) is 15.9. The number of aromatic nitrogens is 2. The first-order chi connectivity index (χ1) is 12.0. The van der Waals surface area contributed by atoms with Gasteiger partial charge in [0.05, 0.1) is 5.52 Å². The zero-order chi connectivity index (χ0) is 19.1. The van der Waals surface area contributed by atoms with Crippen molar-refractivity contribution in [2.24, 2.45) is 0 Å². The SMILES string of the molecule is C[Si](C)(C)Oc1nc(O[Si](C)(C)C)c2scc(-c3ccc(F)cc3)c2n1. The molecule has 8 heteroatoms. The number of hydrogen-bond acceptors (Lipinski definition) is 5. The molecule has 0 aliphatic carbocycles. The summed E-state index contributed by atoms with van der Waals surface area (Å²) in [4.78, 5) is 9.22. The number of thiophene rings is 1. The molecule has 0 unspecified atom stereocenters. The van der Waals surface area contributed by atoms with E-state index in [9.17, 15) is 4.39 Å². The summed E-state index contributed by atoms with van der Waals surface area (Å²) in [6.07, 6.45) is 0. The van der Waals surface area contributed by atoms with E-state index in [0.717, 1.165) is 21.3 Å². The van der Waals surface area contributed by atoms with Gasteiger partial charge in [-0.1, -0.05) is 12.1 Å². The van der Waals surface area contributed by atoms with Gasteiger partial charge in [0, 0.05) is 10.9 Å². The topological polar surface area (TPSA) is 44.2 Å². The highest BCUT2D eigenvalue weighted by atomic mass is 32.1. The zero-order valence-corrected chi connectivity index (χ0v) is 18.7. The second-order valence-electron chi connectivity index (χ2n) is 8.07. The molecule has 0 aliphatic heterocycles. The number of nitrogens with zero attached hydrogens (tertiary/aromatic N) is 2. The fraction of sp³-hybridized carbons (Fsp3) is 0.333. The van der Waals surface area contributed by atoms with E-state index in [1.165, 1.54) is 12.1 Å². The summed E-state index contributed by atoms with van der Waals surface area (Å²) in [5.41, 5.74) is 2.64. The standard InChI is InChI=1S/C18H23FN2O2SSi2/c1-25(2,3)22-17-16-15(20-18(21-17)23-26(4,5)6)14(11-24-16)12-7-9-13(19)10-8-12/h7-11H,1-6H3. The molecule has 3 aromatic rings. The molecule has 2 heterocycles. The minimum absolute atomic E-state index is 0.256. The molecule has 0 aliphatic rings. The summed E-state index contributed by atoms with van der Waals surface area (Å²) in [6.45, 7) is 12.6.